The molecule has 0 aliphatic heterocycles. The number of unbranched alkanes of at least 4 members (excludes halogenated alkanes) is 4. The van der Waals surface area contributed by atoms with E-state index in [4.69, 9.17) is 21.3 Å². The molecule has 1 heterocycles. The Morgan fingerprint density at radius 1 is 0.966 bits per heavy atom. The Morgan fingerprint density at radius 3 is 2.31 bits per heavy atom. The van der Waals surface area contributed by atoms with Crippen molar-refractivity contribution in [3.63, 3.8) is 0 Å². The summed E-state index contributed by atoms with van der Waals surface area (Å²) in [7, 11) is 0. The van der Waals surface area contributed by atoms with Crippen LogP contribution in [-0.4, -0.2) is 23.2 Å². The van der Waals surface area contributed by atoms with Gasteiger partial charge in [0.15, 0.2) is 0 Å². The number of halogens is 3. The van der Waals surface area contributed by atoms with Crippen molar-refractivity contribution < 1.29 is 18.3 Å². The normalized spacial score (nSPS) is 11.1. The molecule has 0 aliphatic rings. The van der Waals surface area contributed by atoms with Crippen molar-refractivity contribution in [2.75, 3.05) is 6.61 Å². The first-order chi connectivity index (χ1) is 14.0. The van der Waals surface area contributed by atoms with Gasteiger partial charge in [-0.05, 0) is 37.5 Å². The highest BCUT2D eigenvalue weighted by Gasteiger charge is 2.17. The third-order valence-corrected chi connectivity index (χ3v) is 4.89. The maximum Gasteiger partial charge on any atom is 0.387 e. The molecule has 0 saturated carbocycles. The third-order valence-electron chi connectivity index (χ3n) is 4.58. The van der Waals surface area contributed by atoms with Crippen LogP contribution in [-0.2, 0) is 12.8 Å². The molecule has 0 bridgehead atoms. The van der Waals surface area contributed by atoms with Crippen LogP contribution in [0.1, 0.15) is 64.3 Å². The second-order valence-electron chi connectivity index (χ2n) is 6.76. The predicted octanol–water partition coefficient (Wildman–Crippen LogP) is 6.87. The molecule has 7 heteroatoms. The van der Waals surface area contributed by atoms with E-state index in [0.717, 1.165) is 24.2 Å². The van der Waals surface area contributed by atoms with E-state index in [1.54, 1.807) is 6.07 Å². The fraction of sp³-hybridized carbons (Fsp3) is 0.545. The molecule has 2 aromatic rings. The van der Waals surface area contributed by atoms with Gasteiger partial charge in [-0.15, -0.1) is 0 Å². The number of aryl methyl sites for hydroxylation is 2. The van der Waals surface area contributed by atoms with Crippen molar-refractivity contribution in [1.82, 2.24) is 9.97 Å². The zero-order chi connectivity index (χ0) is 21.2. The molecule has 0 fully saturated rings. The Hall–Kier alpha value is -1.95. The van der Waals surface area contributed by atoms with Gasteiger partial charge in [-0.25, -0.2) is 9.97 Å². The van der Waals surface area contributed by atoms with E-state index in [2.05, 4.69) is 16.6 Å². The number of nitrogens with zero attached hydrogens (tertiary/aromatic N) is 2. The van der Waals surface area contributed by atoms with Crippen LogP contribution in [0.4, 0.5) is 8.78 Å². The Bertz CT molecular complexity index is 788. The number of rotatable bonds is 12. The van der Waals surface area contributed by atoms with Crippen LogP contribution in [0.25, 0.3) is 11.3 Å². The van der Waals surface area contributed by atoms with Crippen molar-refractivity contribution in [3.8, 4) is 22.9 Å². The van der Waals surface area contributed by atoms with Crippen LogP contribution >= 0.6 is 11.6 Å². The van der Waals surface area contributed by atoms with Gasteiger partial charge in [0.05, 0.1) is 23.0 Å². The molecule has 0 radical (unpaired) electrons. The minimum atomic E-state index is -2.90. The maximum atomic E-state index is 12.4. The van der Waals surface area contributed by atoms with Gasteiger partial charge in [0.2, 0.25) is 5.88 Å². The molecule has 160 valence electrons. The van der Waals surface area contributed by atoms with Gasteiger partial charge in [-0.3, -0.25) is 0 Å². The van der Waals surface area contributed by atoms with Crippen LogP contribution in [0.15, 0.2) is 18.2 Å². The van der Waals surface area contributed by atoms with Crippen LogP contribution in [0.5, 0.6) is 11.6 Å². The highest BCUT2D eigenvalue weighted by molar-refractivity contribution is 6.33. The molecular formula is C22H29ClF2N2O2. The summed E-state index contributed by atoms with van der Waals surface area (Å²) in [6.45, 7) is 3.89. The van der Waals surface area contributed by atoms with Crippen molar-refractivity contribution >= 4 is 11.6 Å². The van der Waals surface area contributed by atoms with Crippen LogP contribution in [0, 0.1) is 0 Å². The average molecular weight is 427 g/mol. The Morgan fingerprint density at radius 2 is 1.69 bits per heavy atom. The Kier molecular flexibility index (Phi) is 9.58. The number of hydrogen-bond acceptors (Lipinski definition) is 4. The van der Waals surface area contributed by atoms with Crippen molar-refractivity contribution in [3.05, 3.63) is 34.6 Å². The van der Waals surface area contributed by atoms with E-state index in [1.165, 1.54) is 31.4 Å². The number of alkyl halides is 2. The highest BCUT2D eigenvalue weighted by Crippen LogP contribution is 2.34. The molecule has 1 aromatic carbocycles. The lowest BCUT2D eigenvalue weighted by Gasteiger charge is -2.15. The molecule has 0 spiro atoms. The smallest absolute Gasteiger partial charge is 0.387 e. The van der Waals surface area contributed by atoms with Gasteiger partial charge >= 0.3 is 6.61 Å². The fourth-order valence-electron chi connectivity index (χ4n) is 3.03. The van der Waals surface area contributed by atoms with E-state index >= 15 is 0 Å². The standard InChI is InChI=1S/C22H29ClF2N2O2/c1-4-7-8-9-10-13-28-21-19(6-3)26-20(18(5-2)27-21)16-12-11-15(14-17(16)23)29-22(24)25/h11-12,14,22H,4-10,13H2,1-3H3. The van der Waals surface area contributed by atoms with Crippen molar-refractivity contribution in [1.29, 1.82) is 0 Å². The molecular weight excluding hydrogens is 398 g/mol. The summed E-state index contributed by atoms with van der Waals surface area (Å²) in [6.07, 6.45) is 7.12. The predicted molar refractivity (Wildman–Crippen MR) is 112 cm³/mol. The average Bonchev–Trinajstić information content (AvgIpc) is 2.70. The SMILES string of the molecule is CCCCCCCOc1nc(CC)c(-c2ccc(OC(F)F)cc2Cl)nc1CC. The maximum absolute atomic E-state index is 12.4. The third kappa shape index (κ3) is 6.81. The van der Waals surface area contributed by atoms with Gasteiger partial charge in [0, 0.05) is 5.56 Å². The molecule has 0 amide bonds. The number of hydrogen-bond donors (Lipinski definition) is 0. The van der Waals surface area contributed by atoms with Crippen LogP contribution in [0.2, 0.25) is 5.02 Å². The highest BCUT2D eigenvalue weighted by atomic mass is 35.5. The van der Waals surface area contributed by atoms with E-state index in [0.29, 0.717) is 41.6 Å². The van der Waals surface area contributed by atoms with Gasteiger partial charge in [-0.1, -0.05) is 58.1 Å². The molecule has 29 heavy (non-hydrogen) atoms. The monoisotopic (exact) mass is 426 g/mol. The zero-order valence-corrected chi connectivity index (χ0v) is 18.1. The minimum absolute atomic E-state index is 0.0125. The van der Waals surface area contributed by atoms with E-state index in [1.807, 2.05) is 13.8 Å². The summed E-state index contributed by atoms with van der Waals surface area (Å²) in [4.78, 5) is 9.44. The quantitative estimate of drug-likeness (QED) is 0.347. The van der Waals surface area contributed by atoms with Crippen molar-refractivity contribution in [2.45, 2.75) is 72.3 Å². The molecule has 0 saturated heterocycles. The lowest BCUT2D eigenvalue weighted by Crippen LogP contribution is -2.08. The number of benzene rings is 1. The fourth-order valence-corrected chi connectivity index (χ4v) is 3.29. The molecule has 2 rings (SSSR count). The summed E-state index contributed by atoms with van der Waals surface area (Å²) in [6, 6.07) is 4.47. The van der Waals surface area contributed by atoms with Gasteiger partial charge in [0.25, 0.3) is 0 Å². The van der Waals surface area contributed by atoms with Crippen LogP contribution < -0.4 is 9.47 Å². The van der Waals surface area contributed by atoms with E-state index in [-0.39, 0.29) is 5.75 Å². The lowest BCUT2D eigenvalue weighted by atomic mass is 10.1. The van der Waals surface area contributed by atoms with E-state index in [9.17, 15) is 8.78 Å². The largest absolute Gasteiger partial charge is 0.476 e. The molecule has 0 N–H and O–H groups in total. The van der Waals surface area contributed by atoms with Gasteiger partial charge in [0.1, 0.15) is 11.4 Å². The summed E-state index contributed by atoms with van der Waals surface area (Å²) in [5, 5.41) is 0.291. The second-order valence-corrected chi connectivity index (χ2v) is 7.17. The number of ether oxygens (including phenoxy) is 2. The second kappa shape index (κ2) is 11.9. The summed E-state index contributed by atoms with van der Waals surface area (Å²) in [5.74, 6) is 0.580. The summed E-state index contributed by atoms with van der Waals surface area (Å²) >= 11 is 6.33. The summed E-state index contributed by atoms with van der Waals surface area (Å²) in [5.41, 5.74) is 2.80. The molecule has 1 aromatic heterocycles. The molecule has 0 unspecified atom stereocenters. The van der Waals surface area contributed by atoms with Crippen molar-refractivity contribution in [2.24, 2.45) is 0 Å². The first-order valence-electron chi connectivity index (χ1n) is 10.3. The lowest BCUT2D eigenvalue weighted by molar-refractivity contribution is -0.0498. The van der Waals surface area contributed by atoms with Gasteiger partial charge < -0.3 is 9.47 Å². The summed E-state index contributed by atoms with van der Waals surface area (Å²) < 4.78 is 35.2. The van der Waals surface area contributed by atoms with Crippen LogP contribution in [0.3, 0.4) is 0 Å². The topological polar surface area (TPSA) is 44.2 Å². The molecule has 4 nitrogen and oxygen atoms in total. The first-order valence-corrected chi connectivity index (χ1v) is 10.6. The van der Waals surface area contributed by atoms with E-state index < -0.39 is 6.61 Å². The Balaban J connectivity index is 2.23. The minimum Gasteiger partial charge on any atom is -0.476 e. The molecule has 0 aliphatic carbocycles. The Labute approximate surface area is 176 Å². The first kappa shape index (κ1) is 23.3. The molecule has 0 atom stereocenters. The number of aromatic nitrogens is 2. The zero-order valence-electron chi connectivity index (χ0n) is 17.3. The van der Waals surface area contributed by atoms with Gasteiger partial charge in [-0.2, -0.15) is 8.78 Å².